The Labute approximate surface area is 174 Å². The van der Waals surface area contributed by atoms with E-state index >= 15 is 0 Å². The van der Waals surface area contributed by atoms with Crippen LogP contribution in [0, 0.1) is 10.1 Å². The van der Waals surface area contributed by atoms with Crippen molar-refractivity contribution < 1.29 is 9.66 Å². The molecule has 0 saturated carbocycles. The second-order valence-electron chi connectivity index (χ2n) is 5.60. The van der Waals surface area contributed by atoms with Gasteiger partial charge in [-0.3, -0.25) is 15.5 Å². The molecule has 28 heavy (non-hydrogen) atoms. The van der Waals surface area contributed by atoms with Crippen molar-refractivity contribution in [1.29, 1.82) is 0 Å². The predicted octanol–water partition coefficient (Wildman–Crippen LogP) is 5.43. The minimum Gasteiger partial charge on any atom is -0.488 e. The summed E-state index contributed by atoms with van der Waals surface area (Å²) in [6.45, 7) is 0.360. The summed E-state index contributed by atoms with van der Waals surface area (Å²) < 4.78 is 6.58. The smallest absolute Gasteiger partial charge is 0.287 e. The molecule has 9 heteroatoms. The number of benzene rings is 2. The lowest BCUT2D eigenvalue weighted by molar-refractivity contribution is -0.385. The van der Waals surface area contributed by atoms with Gasteiger partial charge in [-0.25, -0.2) is 4.98 Å². The number of nitrogens with one attached hydrogen (secondary N) is 1. The molecular formula is C19H14BrClN4O3. The van der Waals surface area contributed by atoms with E-state index in [1.165, 1.54) is 18.3 Å². The Morgan fingerprint density at radius 2 is 2.07 bits per heavy atom. The average molecular weight is 462 g/mol. The number of rotatable bonds is 7. The fraction of sp³-hybridized carbons (Fsp3) is 0.0526. The quantitative estimate of drug-likeness (QED) is 0.288. The number of hydrogen-bond acceptors (Lipinski definition) is 6. The standard InChI is InChI=1S/C19H14BrClN4O3/c20-16-9-13(10-23-24-19-8-6-15(11-22-19)25(26)27)5-7-18(16)28-12-14-3-1-2-4-17(14)21/h1-11H,12H2,(H,22,24)/b23-10+. The average Bonchev–Trinajstić information content (AvgIpc) is 2.69. The molecule has 0 radical (unpaired) electrons. The lowest BCUT2D eigenvalue weighted by atomic mass is 10.2. The Bertz CT molecular complexity index is 1010. The summed E-state index contributed by atoms with van der Waals surface area (Å²) in [5, 5.41) is 15.3. The van der Waals surface area contributed by atoms with Gasteiger partial charge in [-0.1, -0.05) is 29.8 Å². The van der Waals surface area contributed by atoms with Crippen LogP contribution in [0.4, 0.5) is 11.5 Å². The number of hydrazone groups is 1. The van der Waals surface area contributed by atoms with Gasteiger partial charge >= 0.3 is 0 Å². The Morgan fingerprint density at radius 3 is 2.75 bits per heavy atom. The molecule has 3 aromatic rings. The van der Waals surface area contributed by atoms with Crippen LogP contribution in [-0.2, 0) is 6.61 Å². The van der Waals surface area contributed by atoms with Gasteiger partial charge in [0.1, 0.15) is 24.4 Å². The van der Waals surface area contributed by atoms with Gasteiger partial charge in [0.25, 0.3) is 5.69 Å². The molecule has 0 amide bonds. The van der Waals surface area contributed by atoms with E-state index in [1.54, 1.807) is 6.21 Å². The van der Waals surface area contributed by atoms with Gasteiger partial charge in [0.2, 0.25) is 0 Å². The van der Waals surface area contributed by atoms with Gasteiger partial charge in [0.05, 0.1) is 15.6 Å². The monoisotopic (exact) mass is 460 g/mol. The first kappa shape index (κ1) is 19.8. The van der Waals surface area contributed by atoms with Crippen molar-refractivity contribution in [1.82, 2.24) is 4.98 Å². The molecule has 1 aromatic heterocycles. The van der Waals surface area contributed by atoms with E-state index in [1.807, 2.05) is 42.5 Å². The van der Waals surface area contributed by atoms with Gasteiger partial charge in [-0.05, 0) is 51.8 Å². The summed E-state index contributed by atoms with van der Waals surface area (Å²) in [6, 6.07) is 15.9. The molecule has 142 valence electrons. The first-order valence-corrected chi connectivity index (χ1v) is 9.25. The van der Waals surface area contributed by atoms with E-state index in [0.29, 0.717) is 23.2 Å². The third-order valence-electron chi connectivity index (χ3n) is 3.65. The van der Waals surface area contributed by atoms with Gasteiger partial charge < -0.3 is 4.74 Å². The van der Waals surface area contributed by atoms with E-state index in [-0.39, 0.29) is 5.69 Å². The zero-order valence-corrected chi connectivity index (χ0v) is 16.7. The van der Waals surface area contributed by atoms with E-state index in [0.717, 1.165) is 15.6 Å². The molecule has 7 nitrogen and oxygen atoms in total. The number of halogens is 2. The fourth-order valence-electron chi connectivity index (χ4n) is 2.22. The number of hydrogen-bond donors (Lipinski definition) is 1. The normalized spacial score (nSPS) is 10.8. The highest BCUT2D eigenvalue weighted by Gasteiger charge is 2.06. The van der Waals surface area contributed by atoms with Crippen LogP contribution in [-0.4, -0.2) is 16.1 Å². The summed E-state index contributed by atoms with van der Waals surface area (Å²) in [5.41, 5.74) is 4.37. The maximum Gasteiger partial charge on any atom is 0.287 e. The van der Waals surface area contributed by atoms with Crippen molar-refractivity contribution in [3.05, 3.63) is 91.5 Å². The maximum absolute atomic E-state index is 10.6. The molecule has 0 saturated heterocycles. The molecule has 2 aromatic carbocycles. The third kappa shape index (κ3) is 5.28. The second-order valence-corrected chi connectivity index (χ2v) is 6.86. The number of nitro groups is 1. The van der Waals surface area contributed by atoms with Crippen molar-refractivity contribution in [2.45, 2.75) is 6.61 Å². The molecule has 0 unspecified atom stereocenters. The van der Waals surface area contributed by atoms with Gasteiger partial charge in [-0.15, -0.1) is 0 Å². The molecule has 0 aliphatic rings. The molecule has 0 bridgehead atoms. The summed E-state index contributed by atoms with van der Waals surface area (Å²) in [7, 11) is 0. The van der Waals surface area contributed by atoms with Crippen molar-refractivity contribution in [2.75, 3.05) is 5.43 Å². The minimum atomic E-state index is -0.507. The topological polar surface area (TPSA) is 89.7 Å². The SMILES string of the molecule is O=[N+]([O-])c1ccc(N/N=C/c2ccc(OCc3ccccc3Cl)c(Br)c2)nc1. The van der Waals surface area contributed by atoms with Crippen LogP contribution in [0.25, 0.3) is 0 Å². The van der Waals surface area contributed by atoms with Gasteiger partial charge in [-0.2, -0.15) is 5.10 Å². The number of ether oxygens (including phenoxy) is 1. The lowest BCUT2D eigenvalue weighted by Crippen LogP contribution is -1.98. The largest absolute Gasteiger partial charge is 0.488 e. The number of pyridine rings is 1. The van der Waals surface area contributed by atoms with E-state index in [9.17, 15) is 10.1 Å². The summed E-state index contributed by atoms with van der Waals surface area (Å²) in [5.74, 6) is 1.09. The first-order chi connectivity index (χ1) is 13.5. The summed E-state index contributed by atoms with van der Waals surface area (Å²) in [6.07, 6.45) is 2.77. The molecular weight excluding hydrogens is 448 g/mol. The fourth-order valence-corrected chi connectivity index (χ4v) is 2.92. The van der Waals surface area contributed by atoms with Crippen LogP contribution >= 0.6 is 27.5 Å². The number of aromatic nitrogens is 1. The van der Waals surface area contributed by atoms with Crippen molar-refractivity contribution >= 4 is 45.3 Å². The van der Waals surface area contributed by atoms with Crippen LogP contribution in [0.2, 0.25) is 5.02 Å². The number of anilines is 1. The zero-order valence-electron chi connectivity index (χ0n) is 14.4. The van der Waals surface area contributed by atoms with Crippen molar-refractivity contribution in [2.24, 2.45) is 5.10 Å². The molecule has 0 aliphatic heterocycles. The van der Waals surface area contributed by atoms with Crippen LogP contribution < -0.4 is 10.2 Å². The molecule has 1 heterocycles. The van der Waals surface area contributed by atoms with Crippen LogP contribution in [0.5, 0.6) is 5.75 Å². The molecule has 0 fully saturated rings. The van der Waals surface area contributed by atoms with E-state index in [2.05, 4.69) is 31.4 Å². The second kappa shape index (κ2) is 9.29. The highest BCUT2D eigenvalue weighted by Crippen LogP contribution is 2.27. The molecule has 1 N–H and O–H groups in total. The Balaban J connectivity index is 1.59. The zero-order chi connectivity index (χ0) is 19.9. The molecule has 0 aliphatic carbocycles. The Kier molecular flexibility index (Phi) is 6.57. The van der Waals surface area contributed by atoms with Crippen LogP contribution in [0.15, 0.2) is 70.4 Å². The first-order valence-electron chi connectivity index (χ1n) is 8.08. The number of nitrogens with zero attached hydrogens (tertiary/aromatic N) is 3. The van der Waals surface area contributed by atoms with Crippen LogP contribution in [0.3, 0.4) is 0 Å². The van der Waals surface area contributed by atoms with E-state index in [4.69, 9.17) is 16.3 Å². The molecule has 3 rings (SSSR count). The Hall–Kier alpha value is -2.97. The molecule has 0 spiro atoms. The van der Waals surface area contributed by atoms with Crippen molar-refractivity contribution in [3.8, 4) is 5.75 Å². The van der Waals surface area contributed by atoms with Gasteiger partial charge in [0.15, 0.2) is 0 Å². The summed E-state index contributed by atoms with van der Waals surface area (Å²) in [4.78, 5) is 14.0. The molecule has 0 atom stereocenters. The third-order valence-corrected chi connectivity index (χ3v) is 4.64. The van der Waals surface area contributed by atoms with E-state index < -0.39 is 4.92 Å². The van der Waals surface area contributed by atoms with Crippen LogP contribution in [0.1, 0.15) is 11.1 Å². The predicted molar refractivity (Wildman–Crippen MR) is 112 cm³/mol. The van der Waals surface area contributed by atoms with Crippen molar-refractivity contribution in [3.63, 3.8) is 0 Å². The maximum atomic E-state index is 10.6. The highest BCUT2D eigenvalue weighted by atomic mass is 79.9. The Morgan fingerprint density at radius 1 is 1.25 bits per heavy atom. The summed E-state index contributed by atoms with van der Waals surface area (Å²) >= 11 is 9.61. The lowest BCUT2D eigenvalue weighted by Gasteiger charge is -2.10. The van der Waals surface area contributed by atoms with Gasteiger partial charge in [0, 0.05) is 16.7 Å². The highest BCUT2D eigenvalue weighted by molar-refractivity contribution is 9.10. The minimum absolute atomic E-state index is 0.0779.